The number of nitrogens with zero attached hydrogens (tertiary/aromatic N) is 1. The molecule has 2 fully saturated rings. The number of hydrogen-bond acceptors (Lipinski definition) is 2. The van der Waals surface area contributed by atoms with E-state index in [1.165, 1.54) is 12.8 Å². The molecule has 0 radical (unpaired) electrons. The maximum Gasteiger partial charge on any atom is 0.245 e. The van der Waals surface area contributed by atoms with Gasteiger partial charge in [0.1, 0.15) is 6.04 Å². The normalized spacial score (nSPS) is 36.0. The zero-order chi connectivity index (χ0) is 14.9. The molecule has 2 aliphatic rings. The zero-order valence-corrected chi connectivity index (χ0v) is 13.2. The maximum atomic E-state index is 12.8. The van der Waals surface area contributed by atoms with Crippen LogP contribution in [0.4, 0.5) is 0 Å². The van der Waals surface area contributed by atoms with Crippen molar-refractivity contribution in [1.29, 1.82) is 0 Å². The number of carbonyl (C=O) groups excluding carboxylic acids is 2. The minimum Gasteiger partial charge on any atom is -0.344 e. The van der Waals surface area contributed by atoms with Crippen LogP contribution in [0.5, 0.6) is 0 Å². The lowest BCUT2D eigenvalue weighted by Gasteiger charge is -2.42. The van der Waals surface area contributed by atoms with Gasteiger partial charge in [-0.25, -0.2) is 0 Å². The number of carbonyl (C=O) groups is 2. The van der Waals surface area contributed by atoms with Crippen molar-refractivity contribution >= 4 is 11.8 Å². The zero-order valence-electron chi connectivity index (χ0n) is 13.2. The van der Waals surface area contributed by atoms with Gasteiger partial charge >= 0.3 is 0 Å². The lowest BCUT2D eigenvalue weighted by molar-refractivity contribution is -0.138. The molecule has 1 saturated carbocycles. The smallest absolute Gasteiger partial charge is 0.245 e. The summed E-state index contributed by atoms with van der Waals surface area (Å²) in [4.78, 5) is 26.6. The molecule has 0 spiro atoms. The second kappa shape index (κ2) is 6.15. The van der Waals surface area contributed by atoms with Gasteiger partial charge in [-0.2, -0.15) is 0 Å². The van der Waals surface area contributed by atoms with Gasteiger partial charge in [-0.1, -0.05) is 40.5 Å². The first kappa shape index (κ1) is 15.3. The molecule has 1 N–H and O–H groups in total. The fourth-order valence-corrected chi connectivity index (χ4v) is 3.59. The minimum atomic E-state index is -0.352. The molecular weight excluding hydrogens is 252 g/mol. The van der Waals surface area contributed by atoms with E-state index >= 15 is 0 Å². The fraction of sp³-hybridized carbons (Fsp3) is 0.875. The van der Waals surface area contributed by atoms with Crippen molar-refractivity contribution in [3.63, 3.8) is 0 Å². The van der Waals surface area contributed by atoms with Crippen molar-refractivity contribution in [2.75, 3.05) is 6.54 Å². The van der Waals surface area contributed by atoms with E-state index < -0.39 is 0 Å². The van der Waals surface area contributed by atoms with E-state index in [9.17, 15) is 9.59 Å². The quantitative estimate of drug-likeness (QED) is 0.843. The molecule has 0 aromatic heterocycles. The van der Waals surface area contributed by atoms with Gasteiger partial charge in [-0.15, -0.1) is 0 Å². The van der Waals surface area contributed by atoms with Crippen LogP contribution in [0.3, 0.4) is 0 Å². The molecule has 0 aromatic carbocycles. The highest BCUT2D eigenvalue weighted by Gasteiger charge is 2.39. The van der Waals surface area contributed by atoms with Crippen molar-refractivity contribution in [3.8, 4) is 0 Å². The van der Waals surface area contributed by atoms with Crippen molar-refractivity contribution in [3.05, 3.63) is 0 Å². The summed E-state index contributed by atoms with van der Waals surface area (Å²) in [7, 11) is 0. The van der Waals surface area contributed by atoms with E-state index in [0.29, 0.717) is 30.8 Å². The number of nitrogens with one attached hydrogen (secondary N) is 1. The Kier molecular flexibility index (Phi) is 4.71. The van der Waals surface area contributed by atoms with Gasteiger partial charge < -0.3 is 10.2 Å². The average Bonchev–Trinajstić information content (AvgIpc) is 2.53. The Morgan fingerprint density at radius 3 is 2.55 bits per heavy atom. The monoisotopic (exact) mass is 280 g/mol. The van der Waals surface area contributed by atoms with Gasteiger partial charge in [-0.05, 0) is 24.2 Å². The molecule has 0 aromatic rings. The molecule has 1 saturated heterocycles. The van der Waals surface area contributed by atoms with E-state index in [0.717, 1.165) is 6.42 Å². The molecule has 4 atom stereocenters. The van der Waals surface area contributed by atoms with E-state index in [4.69, 9.17) is 0 Å². The molecule has 1 aliphatic heterocycles. The number of amides is 2. The Morgan fingerprint density at radius 2 is 1.90 bits per heavy atom. The first-order valence-corrected chi connectivity index (χ1v) is 8.01. The van der Waals surface area contributed by atoms with Crippen LogP contribution in [-0.2, 0) is 9.59 Å². The molecule has 1 heterocycles. The predicted octanol–water partition coefficient (Wildman–Crippen LogP) is 2.18. The standard InChI is InChI=1S/C16H28N2O2/c1-10(2)15-16(20)18(9-8-14(19)17-15)13-7-5-6-11(3)12(13)4/h10-13,15H,5-9H2,1-4H3,(H,17,19). The highest BCUT2D eigenvalue weighted by molar-refractivity contribution is 5.90. The Hall–Kier alpha value is -1.06. The first-order chi connectivity index (χ1) is 9.41. The molecule has 4 nitrogen and oxygen atoms in total. The number of hydrogen-bond donors (Lipinski definition) is 1. The molecular formula is C16H28N2O2. The van der Waals surface area contributed by atoms with Crippen molar-refractivity contribution in [2.24, 2.45) is 17.8 Å². The summed E-state index contributed by atoms with van der Waals surface area (Å²) in [6, 6.07) is -0.0466. The lowest BCUT2D eigenvalue weighted by atomic mass is 9.77. The molecule has 2 amide bonds. The van der Waals surface area contributed by atoms with Gasteiger partial charge in [0, 0.05) is 19.0 Å². The molecule has 4 heteroatoms. The largest absolute Gasteiger partial charge is 0.344 e. The highest BCUT2D eigenvalue weighted by atomic mass is 16.2. The van der Waals surface area contributed by atoms with Crippen LogP contribution in [-0.4, -0.2) is 35.3 Å². The predicted molar refractivity (Wildman–Crippen MR) is 79.1 cm³/mol. The van der Waals surface area contributed by atoms with Gasteiger partial charge in [0.2, 0.25) is 11.8 Å². The summed E-state index contributed by atoms with van der Waals surface area (Å²) < 4.78 is 0. The van der Waals surface area contributed by atoms with Gasteiger partial charge in [0.15, 0.2) is 0 Å². The minimum absolute atomic E-state index is 0.0102. The van der Waals surface area contributed by atoms with Gasteiger partial charge in [-0.3, -0.25) is 9.59 Å². The van der Waals surface area contributed by atoms with Crippen LogP contribution < -0.4 is 5.32 Å². The Morgan fingerprint density at radius 1 is 1.20 bits per heavy atom. The Balaban J connectivity index is 2.20. The molecule has 4 unspecified atom stereocenters. The third-order valence-corrected chi connectivity index (χ3v) is 5.18. The summed E-state index contributed by atoms with van der Waals surface area (Å²) in [6.45, 7) is 9.11. The van der Waals surface area contributed by atoms with E-state index in [1.807, 2.05) is 18.7 Å². The topological polar surface area (TPSA) is 49.4 Å². The van der Waals surface area contributed by atoms with Crippen LogP contribution >= 0.6 is 0 Å². The van der Waals surface area contributed by atoms with Gasteiger partial charge in [0.05, 0.1) is 0 Å². The lowest BCUT2D eigenvalue weighted by Crippen LogP contribution is -2.53. The summed E-state index contributed by atoms with van der Waals surface area (Å²) >= 11 is 0. The van der Waals surface area contributed by atoms with Crippen LogP contribution in [0.1, 0.15) is 53.4 Å². The summed E-state index contributed by atoms with van der Waals surface area (Å²) in [6.07, 6.45) is 3.96. The molecule has 0 bridgehead atoms. The molecule has 1 aliphatic carbocycles. The number of rotatable bonds is 2. The average molecular weight is 280 g/mol. The van der Waals surface area contributed by atoms with Crippen LogP contribution in [0.25, 0.3) is 0 Å². The van der Waals surface area contributed by atoms with Crippen LogP contribution in [0.2, 0.25) is 0 Å². The third-order valence-electron chi connectivity index (χ3n) is 5.18. The highest BCUT2D eigenvalue weighted by Crippen LogP contribution is 2.33. The Labute approximate surface area is 122 Å². The maximum absolute atomic E-state index is 12.8. The van der Waals surface area contributed by atoms with Crippen molar-refractivity contribution in [2.45, 2.75) is 65.5 Å². The van der Waals surface area contributed by atoms with Crippen LogP contribution in [0, 0.1) is 17.8 Å². The molecule has 20 heavy (non-hydrogen) atoms. The third kappa shape index (κ3) is 2.99. The van der Waals surface area contributed by atoms with Gasteiger partial charge in [0.25, 0.3) is 0 Å². The van der Waals surface area contributed by atoms with E-state index in [1.54, 1.807) is 0 Å². The summed E-state index contributed by atoms with van der Waals surface area (Å²) in [5, 5.41) is 2.89. The summed E-state index contributed by atoms with van der Waals surface area (Å²) in [5.74, 6) is 1.45. The second-order valence-corrected chi connectivity index (χ2v) is 6.91. The molecule has 114 valence electrons. The van der Waals surface area contributed by atoms with E-state index in [2.05, 4.69) is 19.2 Å². The van der Waals surface area contributed by atoms with Crippen molar-refractivity contribution in [1.82, 2.24) is 10.2 Å². The fourth-order valence-electron chi connectivity index (χ4n) is 3.59. The van der Waals surface area contributed by atoms with Crippen molar-refractivity contribution < 1.29 is 9.59 Å². The molecule has 2 rings (SSSR count). The summed E-state index contributed by atoms with van der Waals surface area (Å²) in [5.41, 5.74) is 0. The first-order valence-electron chi connectivity index (χ1n) is 8.01. The second-order valence-electron chi connectivity index (χ2n) is 6.91. The Bertz CT molecular complexity index is 381. The van der Waals surface area contributed by atoms with E-state index in [-0.39, 0.29) is 23.8 Å². The SMILES string of the molecule is CC(C)C1NC(=O)CCN(C2CCCC(C)C2C)C1=O. The van der Waals surface area contributed by atoms with Crippen LogP contribution in [0.15, 0.2) is 0 Å².